The van der Waals surface area contributed by atoms with Crippen LogP contribution in [0.1, 0.15) is 62.9 Å². The Kier molecular flexibility index (Phi) is 5.86. The van der Waals surface area contributed by atoms with Gasteiger partial charge in [0.25, 0.3) is 0 Å². The summed E-state index contributed by atoms with van der Waals surface area (Å²) in [6, 6.07) is 13.6. The first-order valence-corrected chi connectivity index (χ1v) is 10.7. The fourth-order valence-electron chi connectivity index (χ4n) is 4.14. The van der Waals surface area contributed by atoms with Crippen molar-refractivity contribution in [1.29, 1.82) is 0 Å². The van der Waals surface area contributed by atoms with Crippen LogP contribution in [0.3, 0.4) is 0 Å². The number of carbonyl (C=O) groups is 1. The molecule has 1 aromatic carbocycles. The molecule has 0 amide bonds. The third-order valence-electron chi connectivity index (χ3n) is 6.03. The van der Waals surface area contributed by atoms with Gasteiger partial charge in [0.05, 0.1) is 12.7 Å². The standard InChI is InChI=1S/C24H29N3O3/c1-24(29,17-8-4-3-5-9-17)16-19(28)12-7-13-21-25-20-14-15-22(30-2)26-23(20)27(21)18-10-6-11-18/h3-5,8-9,14-15,18,29H,6-7,10-13,16H2,1-2H3. The van der Waals surface area contributed by atoms with Crippen LogP contribution >= 0.6 is 0 Å². The van der Waals surface area contributed by atoms with Crippen molar-refractivity contribution in [2.24, 2.45) is 0 Å². The fourth-order valence-corrected chi connectivity index (χ4v) is 4.14. The van der Waals surface area contributed by atoms with Gasteiger partial charge in [0.1, 0.15) is 17.1 Å². The molecule has 6 heteroatoms. The van der Waals surface area contributed by atoms with Crippen LogP contribution in [-0.2, 0) is 16.8 Å². The maximum absolute atomic E-state index is 12.5. The summed E-state index contributed by atoms with van der Waals surface area (Å²) in [5, 5.41) is 10.7. The van der Waals surface area contributed by atoms with E-state index in [9.17, 15) is 9.90 Å². The summed E-state index contributed by atoms with van der Waals surface area (Å²) < 4.78 is 7.53. The van der Waals surface area contributed by atoms with E-state index in [1.165, 1.54) is 6.42 Å². The van der Waals surface area contributed by atoms with E-state index >= 15 is 0 Å². The van der Waals surface area contributed by atoms with Gasteiger partial charge >= 0.3 is 0 Å². The molecule has 1 fully saturated rings. The average Bonchev–Trinajstić information content (AvgIpc) is 3.04. The maximum Gasteiger partial charge on any atom is 0.215 e. The molecule has 158 valence electrons. The lowest BCUT2D eigenvalue weighted by Gasteiger charge is -2.28. The van der Waals surface area contributed by atoms with E-state index in [-0.39, 0.29) is 12.2 Å². The molecule has 3 aromatic rings. The van der Waals surface area contributed by atoms with Crippen molar-refractivity contribution in [2.45, 2.75) is 63.5 Å². The number of fused-ring (bicyclic) bond motifs is 1. The second-order valence-electron chi connectivity index (χ2n) is 8.39. The van der Waals surface area contributed by atoms with Crippen molar-refractivity contribution >= 4 is 16.9 Å². The van der Waals surface area contributed by atoms with E-state index in [4.69, 9.17) is 9.72 Å². The molecule has 1 saturated carbocycles. The third-order valence-corrected chi connectivity index (χ3v) is 6.03. The molecule has 1 unspecified atom stereocenters. The van der Waals surface area contributed by atoms with Gasteiger partial charge in [-0.15, -0.1) is 0 Å². The molecule has 0 aliphatic heterocycles. The largest absolute Gasteiger partial charge is 0.481 e. The van der Waals surface area contributed by atoms with Gasteiger partial charge in [0.2, 0.25) is 5.88 Å². The predicted molar refractivity (Wildman–Crippen MR) is 116 cm³/mol. The van der Waals surface area contributed by atoms with Crippen LogP contribution in [0, 0.1) is 0 Å². The lowest BCUT2D eigenvalue weighted by Crippen LogP contribution is -2.25. The molecule has 1 aliphatic rings. The predicted octanol–water partition coefficient (Wildman–Crippen LogP) is 4.35. The topological polar surface area (TPSA) is 77.2 Å². The molecule has 4 rings (SSSR count). The minimum Gasteiger partial charge on any atom is -0.481 e. The van der Waals surface area contributed by atoms with Crippen molar-refractivity contribution in [3.63, 3.8) is 0 Å². The Bertz CT molecular complexity index is 1020. The molecule has 30 heavy (non-hydrogen) atoms. The molecule has 0 radical (unpaired) electrons. The van der Waals surface area contributed by atoms with Crippen molar-refractivity contribution in [3.8, 4) is 5.88 Å². The number of pyridine rings is 1. The minimum absolute atomic E-state index is 0.0648. The first kappa shape index (κ1) is 20.5. The summed E-state index contributed by atoms with van der Waals surface area (Å²) in [7, 11) is 1.62. The van der Waals surface area contributed by atoms with Crippen molar-refractivity contribution < 1.29 is 14.6 Å². The van der Waals surface area contributed by atoms with Crippen LogP contribution in [0.25, 0.3) is 11.2 Å². The maximum atomic E-state index is 12.5. The van der Waals surface area contributed by atoms with Gasteiger partial charge in [-0.3, -0.25) is 4.79 Å². The molecular weight excluding hydrogens is 378 g/mol. The summed E-state index contributed by atoms with van der Waals surface area (Å²) in [5.74, 6) is 1.64. The van der Waals surface area contributed by atoms with Crippen molar-refractivity contribution in [3.05, 3.63) is 53.9 Å². The van der Waals surface area contributed by atoms with E-state index in [1.807, 2.05) is 42.5 Å². The zero-order chi connectivity index (χ0) is 21.1. The van der Waals surface area contributed by atoms with Crippen LogP contribution in [0.15, 0.2) is 42.5 Å². The van der Waals surface area contributed by atoms with E-state index in [0.717, 1.165) is 35.4 Å². The molecule has 6 nitrogen and oxygen atoms in total. The number of methoxy groups -OCH3 is 1. The third kappa shape index (κ3) is 4.24. The highest BCUT2D eigenvalue weighted by Gasteiger charge is 2.27. The van der Waals surface area contributed by atoms with Gasteiger partial charge in [-0.1, -0.05) is 30.3 Å². The molecule has 0 saturated heterocycles. The summed E-state index contributed by atoms with van der Waals surface area (Å²) in [6.07, 6.45) is 5.46. The van der Waals surface area contributed by atoms with Crippen molar-refractivity contribution in [2.75, 3.05) is 7.11 Å². The Morgan fingerprint density at radius 3 is 2.63 bits per heavy atom. The normalized spacial score (nSPS) is 16.2. The summed E-state index contributed by atoms with van der Waals surface area (Å²) in [4.78, 5) is 22.0. The van der Waals surface area contributed by atoms with Crippen molar-refractivity contribution in [1.82, 2.24) is 14.5 Å². The zero-order valence-electron chi connectivity index (χ0n) is 17.7. The molecular formula is C24H29N3O3. The Morgan fingerprint density at radius 1 is 1.20 bits per heavy atom. The van der Waals surface area contributed by atoms with E-state index in [2.05, 4.69) is 9.55 Å². The van der Waals surface area contributed by atoms with E-state index in [1.54, 1.807) is 14.0 Å². The highest BCUT2D eigenvalue weighted by Crippen LogP contribution is 2.36. The number of hydrogen-bond donors (Lipinski definition) is 1. The van der Waals surface area contributed by atoms with E-state index in [0.29, 0.717) is 31.2 Å². The quantitative estimate of drug-likeness (QED) is 0.570. The van der Waals surface area contributed by atoms with Crippen LogP contribution in [0.5, 0.6) is 5.88 Å². The van der Waals surface area contributed by atoms with Crippen LogP contribution < -0.4 is 4.74 Å². The second-order valence-corrected chi connectivity index (χ2v) is 8.39. The first-order valence-electron chi connectivity index (χ1n) is 10.7. The number of rotatable bonds is 9. The van der Waals surface area contributed by atoms with Crippen LogP contribution in [0.4, 0.5) is 0 Å². The number of carbonyl (C=O) groups excluding carboxylic acids is 1. The number of ketones is 1. The number of hydrogen-bond acceptors (Lipinski definition) is 5. The molecule has 2 heterocycles. The Labute approximate surface area is 176 Å². The second kappa shape index (κ2) is 8.56. The first-order chi connectivity index (χ1) is 14.5. The Morgan fingerprint density at radius 2 is 1.97 bits per heavy atom. The monoisotopic (exact) mass is 407 g/mol. The van der Waals surface area contributed by atoms with Gasteiger partial charge < -0.3 is 14.4 Å². The Balaban J connectivity index is 1.43. The van der Waals surface area contributed by atoms with Crippen LogP contribution in [0.2, 0.25) is 0 Å². The number of aryl methyl sites for hydroxylation is 1. The van der Waals surface area contributed by atoms with Crippen LogP contribution in [-0.4, -0.2) is 32.5 Å². The average molecular weight is 408 g/mol. The minimum atomic E-state index is -1.14. The molecule has 2 aromatic heterocycles. The van der Waals surface area contributed by atoms with Gasteiger partial charge in [-0.25, -0.2) is 4.98 Å². The molecule has 1 atom stereocenters. The lowest BCUT2D eigenvalue weighted by molar-refractivity contribution is -0.123. The molecule has 0 bridgehead atoms. The molecule has 1 aliphatic carbocycles. The smallest absolute Gasteiger partial charge is 0.215 e. The van der Waals surface area contributed by atoms with E-state index < -0.39 is 5.60 Å². The Hall–Kier alpha value is -2.73. The van der Waals surface area contributed by atoms with Gasteiger partial charge in [0.15, 0.2) is 5.65 Å². The number of Topliss-reactive ketones (excluding diaryl/α,β-unsaturated/α-hetero) is 1. The highest BCUT2D eigenvalue weighted by molar-refractivity contribution is 5.79. The number of aromatic nitrogens is 3. The van der Waals surface area contributed by atoms with Gasteiger partial charge in [-0.2, -0.15) is 4.98 Å². The zero-order valence-corrected chi connectivity index (χ0v) is 17.7. The lowest BCUT2D eigenvalue weighted by atomic mass is 9.89. The SMILES string of the molecule is COc1ccc2nc(CCCC(=O)CC(C)(O)c3ccccc3)n(C3CCC3)c2n1. The highest BCUT2D eigenvalue weighted by atomic mass is 16.5. The molecule has 1 N–H and O–H groups in total. The number of benzene rings is 1. The fraction of sp³-hybridized carbons (Fsp3) is 0.458. The summed E-state index contributed by atoms with van der Waals surface area (Å²) in [5.41, 5.74) is 1.37. The number of imidazole rings is 1. The molecule has 0 spiro atoms. The number of aliphatic hydroxyl groups is 1. The van der Waals surface area contributed by atoms with Gasteiger partial charge in [0, 0.05) is 31.4 Å². The summed E-state index contributed by atoms with van der Waals surface area (Å²) in [6.45, 7) is 1.70. The summed E-state index contributed by atoms with van der Waals surface area (Å²) >= 11 is 0. The van der Waals surface area contributed by atoms with Gasteiger partial charge in [-0.05, 0) is 44.2 Å². The number of ether oxygens (including phenoxy) is 1. The number of nitrogens with zero attached hydrogens (tertiary/aromatic N) is 3.